The Hall–Kier alpha value is -4.81. The SMILES string of the molecule is CCn1c(-c2cc(N3CCN(C4CC4)CC3)cnc2C(C)C)c2c3cc(ccc31)N1CCO[C@@H](C[C@H](NC(=O)[C@H](C3CCCC3)N3CC[C@]4(CCN(C(=O)[C@@H]5N[C@@H]5C5CC5)C4)C3)C(=O)N3CCC[C@H](N3)C(=O)OCC(C)(C)C2)C1. The van der Waals surface area contributed by atoms with Crippen LogP contribution in [-0.2, 0) is 41.6 Å². The van der Waals surface area contributed by atoms with E-state index in [0.29, 0.717) is 63.9 Å². The van der Waals surface area contributed by atoms with E-state index in [1.54, 1.807) is 5.01 Å². The molecule has 7 atom stereocenters. The molecule has 10 aliphatic rings. The second-order valence-corrected chi connectivity index (χ2v) is 27.0. The molecular formula is C62H89N11O6. The number of carbonyl (C=O) groups excluding carboxylic acids is 4. The number of esters is 1. The first-order chi connectivity index (χ1) is 38.2. The number of aromatic nitrogens is 2. The molecule has 17 heteroatoms. The molecule has 7 aliphatic heterocycles. The molecule has 428 valence electrons. The van der Waals surface area contributed by atoms with Gasteiger partial charge < -0.3 is 34.1 Å². The topological polar surface area (TPSA) is 170 Å². The standard InChI is InChI=1S/C62H89N11O6/c1-6-72-51-18-17-43-30-46(51)48(56(72)47-31-44(34-63-52(47)39(2)3)68-26-24-67(25-27-68)42-15-16-42)33-61(4,5)38-79-60(77)49-12-9-21-73(66-49)58(75)50(32-45-35-69(43)28-29-78-45)64-57(74)55(41-10-7-8-11-41)70-22-19-62(36-70)20-23-71(37-62)59(76)54-53(65-54)40-13-14-40/h17-18,30-31,34,39-42,45,49-50,53-55,65-66H,6-16,19-29,32-33,35-38H2,1-5H3,(H,64,74)/t45-,49-,50-,53+,54+,55-,62-/m0/s1. The summed E-state index contributed by atoms with van der Waals surface area (Å²) in [6.07, 6.45) is 15.0. The van der Waals surface area contributed by atoms with Gasteiger partial charge in [-0.3, -0.25) is 44.3 Å². The number of morpholine rings is 1. The van der Waals surface area contributed by atoms with E-state index in [1.165, 1.54) is 59.1 Å². The Balaban J connectivity index is 0.804. The van der Waals surface area contributed by atoms with Crippen molar-refractivity contribution in [1.82, 2.24) is 45.3 Å². The zero-order valence-corrected chi connectivity index (χ0v) is 48.0. The van der Waals surface area contributed by atoms with Gasteiger partial charge in [-0.2, -0.15) is 0 Å². The summed E-state index contributed by atoms with van der Waals surface area (Å²) >= 11 is 0. The van der Waals surface area contributed by atoms with Crippen LogP contribution in [0.2, 0.25) is 0 Å². The predicted molar refractivity (Wildman–Crippen MR) is 306 cm³/mol. The molecule has 1 spiro atoms. The van der Waals surface area contributed by atoms with Crippen LogP contribution in [-0.4, -0.2) is 181 Å². The van der Waals surface area contributed by atoms with Crippen molar-refractivity contribution >= 4 is 46.0 Å². The Morgan fingerprint density at radius 1 is 0.873 bits per heavy atom. The number of cyclic esters (lactones) is 1. The van der Waals surface area contributed by atoms with E-state index >= 15 is 9.59 Å². The van der Waals surface area contributed by atoms with Gasteiger partial charge in [0, 0.05) is 123 Å². The maximum Gasteiger partial charge on any atom is 0.324 e. The molecule has 3 amide bonds. The van der Waals surface area contributed by atoms with E-state index in [4.69, 9.17) is 14.5 Å². The number of piperazine rings is 1. The normalized spacial score (nSPS) is 30.6. The van der Waals surface area contributed by atoms with Gasteiger partial charge in [0.15, 0.2) is 0 Å². The number of aryl methyl sites for hydroxylation is 1. The highest BCUT2D eigenvalue weighted by Crippen LogP contribution is 2.46. The van der Waals surface area contributed by atoms with Crippen molar-refractivity contribution in [3.05, 3.63) is 41.7 Å². The third-order valence-electron chi connectivity index (χ3n) is 20.3. The molecule has 3 saturated carbocycles. The fourth-order valence-electron chi connectivity index (χ4n) is 15.6. The number of ether oxygens (including phenoxy) is 2. The van der Waals surface area contributed by atoms with Crippen molar-refractivity contribution in [2.45, 2.75) is 179 Å². The van der Waals surface area contributed by atoms with E-state index in [0.717, 1.165) is 115 Å². The Morgan fingerprint density at radius 2 is 1.67 bits per heavy atom. The van der Waals surface area contributed by atoms with Gasteiger partial charge in [0.2, 0.25) is 11.8 Å². The number of hydrogen-bond donors (Lipinski definition) is 3. The average molecular weight is 1080 g/mol. The summed E-state index contributed by atoms with van der Waals surface area (Å²) in [5.74, 6) is 0.579. The lowest BCUT2D eigenvalue weighted by Crippen LogP contribution is -2.62. The van der Waals surface area contributed by atoms with E-state index in [2.05, 4.69) is 110 Å². The second-order valence-electron chi connectivity index (χ2n) is 27.0. The molecule has 2 aromatic heterocycles. The molecule has 9 fully saturated rings. The van der Waals surface area contributed by atoms with Crippen LogP contribution in [0.3, 0.4) is 0 Å². The van der Waals surface area contributed by atoms with Crippen LogP contribution in [0.15, 0.2) is 30.5 Å². The van der Waals surface area contributed by atoms with Gasteiger partial charge in [0.25, 0.3) is 5.91 Å². The summed E-state index contributed by atoms with van der Waals surface area (Å²) in [6, 6.07) is 8.44. The van der Waals surface area contributed by atoms with Crippen molar-refractivity contribution in [3.63, 3.8) is 0 Å². The smallest absolute Gasteiger partial charge is 0.324 e. The number of nitrogens with one attached hydrogen (secondary N) is 3. The van der Waals surface area contributed by atoms with Gasteiger partial charge in [-0.25, -0.2) is 5.43 Å². The molecule has 6 saturated heterocycles. The van der Waals surface area contributed by atoms with Crippen molar-refractivity contribution < 1.29 is 28.7 Å². The minimum Gasteiger partial charge on any atom is -0.464 e. The minimum atomic E-state index is -0.889. The number of amides is 3. The number of rotatable bonds is 11. The zero-order valence-electron chi connectivity index (χ0n) is 48.0. The quantitative estimate of drug-likeness (QED) is 0.150. The highest BCUT2D eigenvalue weighted by Gasteiger charge is 2.55. The van der Waals surface area contributed by atoms with Gasteiger partial charge in [0.1, 0.15) is 18.1 Å². The van der Waals surface area contributed by atoms with Gasteiger partial charge in [-0.1, -0.05) is 40.5 Å². The number of hydrazine groups is 1. The Labute approximate surface area is 468 Å². The number of pyridine rings is 1. The Bertz CT molecular complexity index is 2800. The summed E-state index contributed by atoms with van der Waals surface area (Å²) in [7, 11) is 0. The number of carbonyl (C=O) groups is 4. The van der Waals surface area contributed by atoms with Gasteiger partial charge in [-0.15, -0.1) is 0 Å². The number of benzene rings is 1. The van der Waals surface area contributed by atoms with E-state index in [-0.39, 0.29) is 65.7 Å². The molecule has 17 nitrogen and oxygen atoms in total. The van der Waals surface area contributed by atoms with Gasteiger partial charge >= 0.3 is 5.97 Å². The fraction of sp³-hybridized carbons (Fsp3) is 0.726. The number of nitrogens with zero attached hydrogens (tertiary/aromatic N) is 8. The van der Waals surface area contributed by atoms with Gasteiger partial charge in [0.05, 0.1) is 48.6 Å². The van der Waals surface area contributed by atoms with Crippen molar-refractivity contribution in [3.8, 4) is 11.3 Å². The first kappa shape index (κ1) is 53.5. The first-order valence-corrected chi connectivity index (χ1v) is 31.1. The van der Waals surface area contributed by atoms with Crippen LogP contribution in [0, 0.1) is 22.7 Å². The molecule has 0 radical (unpaired) electrons. The molecule has 3 aliphatic carbocycles. The number of likely N-dealkylation sites (tertiary alicyclic amines) is 2. The largest absolute Gasteiger partial charge is 0.464 e. The molecule has 9 heterocycles. The zero-order chi connectivity index (χ0) is 54.3. The highest BCUT2D eigenvalue weighted by atomic mass is 16.5. The van der Waals surface area contributed by atoms with Crippen LogP contribution in [0.4, 0.5) is 11.4 Å². The van der Waals surface area contributed by atoms with E-state index in [9.17, 15) is 9.59 Å². The summed E-state index contributed by atoms with van der Waals surface area (Å²) in [6.45, 7) is 21.5. The molecule has 0 unspecified atom stereocenters. The number of hydrogen-bond acceptors (Lipinski definition) is 13. The fourth-order valence-corrected chi connectivity index (χ4v) is 15.6. The lowest BCUT2D eigenvalue weighted by molar-refractivity contribution is -0.156. The molecule has 1 aromatic carbocycles. The van der Waals surface area contributed by atoms with Crippen molar-refractivity contribution in [2.24, 2.45) is 22.7 Å². The van der Waals surface area contributed by atoms with Crippen LogP contribution < -0.4 is 25.9 Å². The second kappa shape index (κ2) is 21.5. The van der Waals surface area contributed by atoms with Crippen molar-refractivity contribution in [2.75, 3.05) is 95.0 Å². The predicted octanol–water partition coefficient (Wildman–Crippen LogP) is 6.07. The van der Waals surface area contributed by atoms with E-state index in [1.807, 2.05) is 0 Å². The summed E-state index contributed by atoms with van der Waals surface area (Å²) < 4.78 is 15.4. The third kappa shape index (κ3) is 10.8. The molecule has 3 aromatic rings. The lowest BCUT2D eigenvalue weighted by atomic mass is 9.84. The molecule has 6 bridgehead atoms. The summed E-state index contributed by atoms with van der Waals surface area (Å²) in [4.78, 5) is 75.8. The van der Waals surface area contributed by atoms with E-state index < -0.39 is 17.5 Å². The maximum absolute atomic E-state index is 15.3. The molecule has 13 rings (SSSR count). The van der Waals surface area contributed by atoms with Gasteiger partial charge in [-0.05, 0) is 132 Å². The molecular weight excluding hydrogens is 995 g/mol. The number of anilines is 2. The van der Waals surface area contributed by atoms with Crippen LogP contribution in [0.5, 0.6) is 0 Å². The van der Waals surface area contributed by atoms with Crippen LogP contribution in [0.1, 0.15) is 135 Å². The summed E-state index contributed by atoms with van der Waals surface area (Å²) in [5.41, 5.74) is 10.9. The van der Waals surface area contributed by atoms with Crippen molar-refractivity contribution in [1.29, 1.82) is 0 Å². The summed E-state index contributed by atoms with van der Waals surface area (Å²) in [5, 5.41) is 9.65. The average Bonchev–Trinajstić information content (AvgIpc) is 4.60. The maximum atomic E-state index is 15.3. The Kier molecular flexibility index (Phi) is 14.6. The monoisotopic (exact) mass is 1080 g/mol. The first-order valence-electron chi connectivity index (χ1n) is 31.1. The number of fused-ring (bicyclic) bond motifs is 6. The minimum absolute atomic E-state index is 0.0217. The van der Waals surface area contributed by atoms with Crippen LogP contribution >= 0.6 is 0 Å². The molecule has 79 heavy (non-hydrogen) atoms. The lowest BCUT2D eigenvalue weighted by Gasteiger charge is -2.39. The molecule has 3 N–H and O–H groups in total. The highest BCUT2D eigenvalue weighted by molar-refractivity contribution is 5.95. The van der Waals surface area contributed by atoms with Crippen LogP contribution in [0.25, 0.3) is 22.2 Å². The Morgan fingerprint density at radius 3 is 2.43 bits per heavy atom. The third-order valence-corrected chi connectivity index (χ3v) is 20.3.